The lowest BCUT2D eigenvalue weighted by Gasteiger charge is -2.23. The molecule has 1 saturated heterocycles. The van der Waals surface area contributed by atoms with Gasteiger partial charge in [0.25, 0.3) is 0 Å². The van der Waals surface area contributed by atoms with Crippen LogP contribution in [0.5, 0.6) is 0 Å². The van der Waals surface area contributed by atoms with E-state index < -0.39 is 0 Å². The van der Waals surface area contributed by atoms with Gasteiger partial charge in [-0.2, -0.15) is 0 Å². The second-order valence-electron chi connectivity index (χ2n) is 5.11. The summed E-state index contributed by atoms with van der Waals surface area (Å²) >= 11 is 0. The predicted octanol–water partition coefficient (Wildman–Crippen LogP) is 1.64. The van der Waals surface area contributed by atoms with E-state index in [1.165, 1.54) is 0 Å². The number of rotatable bonds is 7. The van der Waals surface area contributed by atoms with E-state index in [1.807, 2.05) is 31.2 Å². The van der Waals surface area contributed by atoms with Crippen LogP contribution in [0.3, 0.4) is 0 Å². The minimum atomic E-state index is 0. The summed E-state index contributed by atoms with van der Waals surface area (Å²) in [5.74, 6) is 0.0456. The minimum absolute atomic E-state index is 0. The van der Waals surface area contributed by atoms with Crippen molar-refractivity contribution in [2.24, 2.45) is 0 Å². The van der Waals surface area contributed by atoms with E-state index in [2.05, 4.69) is 10.6 Å². The van der Waals surface area contributed by atoms with Gasteiger partial charge < -0.3 is 20.1 Å². The highest BCUT2D eigenvalue weighted by atomic mass is 35.5. The van der Waals surface area contributed by atoms with Crippen molar-refractivity contribution in [1.82, 2.24) is 10.6 Å². The van der Waals surface area contributed by atoms with Crippen molar-refractivity contribution in [3.8, 4) is 0 Å². The Hall–Kier alpha value is -1.14. The zero-order valence-corrected chi connectivity index (χ0v) is 13.8. The number of morpholine rings is 1. The third-order valence-electron chi connectivity index (χ3n) is 3.49. The lowest BCUT2D eigenvalue weighted by atomic mass is 10.1. The van der Waals surface area contributed by atoms with E-state index in [4.69, 9.17) is 9.47 Å². The molecule has 1 fully saturated rings. The first kappa shape index (κ1) is 18.9. The molecule has 1 aliphatic rings. The first-order chi connectivity index (χ1) is 10.3. The third kappa shape index (κ3) is 6.32. The predicted molar refractivity (Wildman–Crippen MR) is 88.1 cm³/mol. The molecule has 5 nitrogen and oxygen atoms in total. The van der Waals surface area contributed by atoms with Crippen molar-refractivity contribution in [2.75, 3.05) is 26.4 Å². The van der Waals surface area contributed by atoms with Gasteiger partial charge in [0.15, 0.2) is 0 Å². The average Bonchev–Trinajstić information content (AvgIpc) is 2.52. The molecule has 1 heterocycles. The summed E-state index contributed by atoms with van der Waals surface area (Å²) in [6, 6.07) is 8.15. The zero-order chi connectivity index (χ0) is 14.9. The number of halogens is 1. The number of hydrogen-bond donors (Lipinski definition) is 2. The standard InChI is InChI=1S/C16H24N2O3.ClH/c1-2-20-11-14-6-4-3-5-13(14)10-18-16(19)9-15-12-21-8-7-17-15;/h3-6,15,17H,2,7-12H2,1H3,(H,18,19);1H. The monoisotopic (exact) mass is 328 g/mol. The van der Waals surface area contributed by atoms with Crippen molar-refractivity contribution in [1.29, 1.82) is 0 Å². The second kappa shape index (κ2) is 10.6. The molecule has 0 radical (unpaired) electrons. The smallest absolute Gasteiger partial charge is 0.221 e. The van der Waals surface area contributed by atoms with E-state index in [1.54, 1.807) is 0 Å². The molecule has 124 valence electrons. The van der Waals surface area contributed by atoms with Crippen LogP contribution >= 0.6 is 12.4 Å². The number of ether oxygens (including phenoxy) is 2. The van der Waals surface area contributed by atoms with Crippen LogP contribution in [0.4, 0.5) is 0 Å². The van der Waals surface area contributed by atoms with Crippen LogP contribution in [0.25, 0.3) is 0 Å². The molecule has 1 aliphatic heterocycles. The van der Waals surface area contributed by atoms with Gasteiger partial charge >= 0.3 is 0 Å². The molecule has 1 aromatic rings. The van der Waals surface area contributed by atoms with Crippen LogP contribution in [0.1, 0.15) is 24.5 Å². The molecule has 0 aliphatic carbocycles. The Labute approximate surface area is 138 Å². The van der Waals surface area contributed by atoms with Gasteiger partial charge in [-0.25, -0.2) is 0 Å². The Bertz CT molecular complexity index is 451. The molecule has 0 bridgehead atoms. The first-order valence-corrected chi connectivity index (χ1v) is 7.52. The fraction of sp³-hybridized carbons (Fsp3) is 0.562. The summed E-state index contributed by atoms with van der Waals surface area (Å²) in [5, 5.41) is 6.25. The van der Waals surface area contributed by atoms with Crippen molar-refractivity contribution in [3.63, 3.8) is 0 Å². The van der Waals surface area contributed by atoms with Crippen LogP contribution in [0, 0.1) is 0 Å². The summed E-state index contributed by atoms with van der Waals surface area (Å²) < 4.78 is 10.8. The van der Waals surface area contributed by atoms with E-state index in [-0.39, 0.29) is 24.4 Å². The number of nitrogens with one attached hydrogen (secondary N) is 2. The molecule has 1 amide bonds. The maximum Gasteiger partial charge on any atom is 0.221 e. The Morgan fingerprint density at radius 1 is 1.41 bits per heavy atom. The molecule has 1 unspecified atom stereocenters. The van der Waals surface area contributed by atoms with Gasteiger partial charge in [-0.15, -0.1) is 12.4 Å². The van der Waals surface area contributed by atoms with Crippen LogP contribution in [-0.2, 0) is 27.4 Å². The zero-order valence-electron chi connectivity index (χ0n) is 13.0. The van der Waals surface area contributed by atoms with Crippen LogP contribution < -0.4 is 10.6 Å². The number of hydrogen-bond acceptors (Lipinski definition) is 4. The summed E-state index contributed by atoms with van der Waals surface area (Å²) in [5.41, 5.74) is 2.23. The van der Waals surface area contributed by atoms with Gasteiger partial charge in [-0.1, -0.05) is 24.3 Å². The van der Waals surface area contributed by atoms with E-state index >= 15 is 0 Å². The maximum absolute atomic E-state index is 12.0. The van der Waals surface area contributed by atoms with Gasteiger partial charge in [-0.3, -0.25) is 4.79 Å². The lowest BCUT2D eigenvalue weighted by molar-refractivity contribution is -0.122. The van der Waals surface area contributed by atoms with Crippen molar-refractivity contribution in [3.05, 3.63) is 35.4 Å². The van der Waals surface area contributed by atoms with Gasteiger partial charge in [0, 0.05) is 32.2 Å². The van der Waals surface area contributed by atoms with Crippen LogP contribution in [-0.4, -0.2) is 38.3 Å². The van der Waals surface area contributed by atoms with Crippen molar-refractivity contribution >= 4 is 18.3 Å². The SMILES string of the molecule is CCOCc1ccccc1CNC(=O)CC1COCCN1.Cl. The minimum Gasteiger partial charge on any atom is -0.378 e. The fourth-order valence-electron chi connectivity index (χ4n) is 2.32. The quantitative estimate of drug-likeness (QED) is 0.799. The van der Waals surface area contributed by atoms with Crippen LogP contribution in [0.2, 0.25) is 0 Å². The molecule has 1 atom stereocenters. The Morgan fingerprint density at radius 2 is 2.18 bits per heavy atom. The topological polar surface area (TPSA) is 59.6 Å². The number of carbonyl (C=O) groups is 1. The van der Waals surface area contributed by atoms with E-state index in [9.17, 15) is 4.79 Å². The third-order valence-corrected chi connectivity index (χ3v) is 3.49. The molecule has 0 saturated carbocycles. The second-order valence-corrected chi connectivity index (χ2v) is 5.11. The van der Waals surface area contributed by atoms with Crippen LogP contribution in [0.15, 0.2) is 24.3 Å². The van der Waals surface area contributed by atoms with Gasteiger partial charge in [-0.05, 0) is 18.1 Å². The molecule has 1 aromatic carbocycles. The maximum atomic E-state index is 12.0. The lowest BCUT2D eigenvalue weighted by Crippen LogP contribution is -2.44. The Kier molecular flexibility index (Phi) is 9.08. The summed E-state index contributed by atoms with van der Waals surface area (Å²) in [6.07, 6.45) is 0.452. The van der Waals surface area contributed by atoms with Gasteiger partial charge in [0.1, 0.15) is 0 Å². The molecule has 2 N–H and O–H groups in total. The number of amides is 1. The van der Waals surface area contributed by atoms with Crippen molar-refractivity contribution < 1.29 is 14.3 Å². The highest BCUT2D eigenvalue weighted by Gasteiger charge is 2.16. The average molecular weight is 329 g/mol. The van der Waals surface area contributed by atoms with Gasteiger partial charge in [0.2, 0.25) is 5.91 Å². The molecular weight excluding hydrogens is 304 g/mol. The molecule has 22 heavy (non-hydrogen) atoms. The highest BCUT2D eigenvalue weighted by molar-refractivity contribution is 5.85. The molecule has 2 rings (SSSR count). The molecular formula is C16H25ClN2O3. The fourth-order valence-corrected chi connectivity index (χ4v) is 2.32. The Balaban J connectivity index is 0.00000242. The molecule has 0 aromatic heterocycles. The van der Waals surface area contributed by atoms with E-state index in [0.29, 0.717) is 32.8 Å². The molecule has 6 heteroatoms. The largest absolute Gasteiger partial charge is 0.378 e. The molecule has 0 spiro atoms. The summed E-state index contributed by atoms with van der Waals surface area (Å²) in [6.45, 7) is 5.93. The number of carbonyl (C=O) groups excluding carboxylic acids is 1. The summed E-state index contributed by atoms with van der Waals surface area (Å²) in [4.78, 5) is 12.0. The number of benzene rings is 1. The van der Waals surface area contributed by atoms with E-state index in [0.717, 1.165) is 24.3 Å². The summed E-state index contributed by atoms with van der Waals surface area (Å²) in [7, 11) is 0. The van der Waals surface area contributed by atoms with Gasteiger partial charge in [0.05, 0.1) is 19.8 Å². The van der Waals surface area contributed by atoms with Crippen molar-refractivity contribution in [2.45, 2.75) is 32.5 Å². The highest BCUT2D eigenvalue weighted by Crippen LogP contribution is 2.10. The first-order valence-electron chi connectivity index (χ1n) is 7.52. The Morgan fingerprint density at radius 3 is 2.86 bits per heavy atom. The normalized spacial score (nSPS) is 17.6.